The van der Waals surface area contributed by atoms with Gasteiger partial charge in [-0.3, -0.25) is 4.98 Å². The summed E-state index contributed by atoms with van der Waals surface area (Å²) in [6.07, 6.45) is -2.94. The summed E-state index contributed by atoms with van der Waals surface area (Å²) in [5, 5.41) is 8.98. The Morgan fingerprint density at radius 3 is 2.54 bits per heavy atom. The summed E-state index contributed by atoms with van der Waals surface area (Å²) in [6.45, 7) is 1.22. The molecule has 1 N–H and O–H groups in total. The van der Waals surface area contributed by atoms with Crippen LogP contribution >= 0.6 is 11.3 Å². The molecule has 1 aliphatic heterocycles. The molecule has 0 unspecified atom stereocenters. The summed E-state index contributed by atoms with van der Waals surface area (Å²) in [4.78, 5) is 17.1. The first-order valence-corrected chi connectivity index (χ1v) is 7.79. The highest BCUT2D eigenvalue weighted by Crippen LogP contribution is 2.37. The number of aromatic carboxylic acids is 1. The average Bonchev–Trinajstić information content (AvgIpc) is 2.78. The van der Waals surface area contributed by atoms with Crippen molar-refractivity contribution in [1.82, 2.24) is 4.98 Å². The van der Waals surface area contributed by atoms with Crippen LogP contribution in [0.1, 0.15) is 14.5 Å². The number of alkyl halides is 3. The molecular formula is C15H12F4N2O2S. The maximum absolute atomic E-state index is 14.3. The summed E-state index contributed by atoms with van der Waals surface area (Å²) in [5.41, 5.74) is 0.647. The molecule has 24 heavy (non-hydrogen) atoms. The molecule has 0 atom stereocenters. The van der Waals surface area contributed by atoms with Gasteiger partial charge in [0.05, 0.1) is 17.8 Å². The minimum absolute atomic E-state index is 0.00658. The quantitative estimate of drug-likeness (QED) is 0.842. The van der Waals surface area contributed by atoms with Crippen molar-refractivity contribution < 1.29 is 27.5 Å². The third kappa shape index (κ3) is 2.95. The first-order valence-electron chi connectivity index (χ1n) is 6.98. The minimum Gasteiger partial charge on any atom is -0.477 e. The zero-order valence-corrected chi connectivity index (χ0v) is 13.2. The highest BCUT2D eigenvalue weighted by molar-refractivity contribution is 7.14. The molecule has 3 rings (SSSR count). The van der Waals surface area contributed by atoms with Gasteiger partial charge in [0.25, 0.3) is 0 Å². The Balaban J connectivity index is 1.83. The topological polar surface area (TPSA) is 53.4 Å². The van der Waals surface area contributed by atoms with E-state index in [-0.39, 0.29) is 29.3 Å². The van der Waals surface area contributed by atoms with Crippen molar-refractivity contribution in [1.29, 1.82) is 0 Å². The Kier molecular flexibility index (Phi) is 3.98. The van der Waals surface area contributed by atoms with E-state index in [9.17, 15) is 22.4 Å². The van der Waals surface area contributed by atoms with E-state index >= 15 is 0 Å². The van der Waals surface area contributed by atoms with E-state index < -0.39 is 23.9 Å². The van der Waals surface area contributed by atoms with E-state index in [4.69, 9.17) is 5.11 Å². The number of carboxylic acid groups (broad SMARTS) is 1. The lowest BCUT2D eigenvalue weighted by Gasteiger charge is -2.41. The fourth-order valence-corrected chi connectivity index (χ4v) is 3.38. The molecule has 1 fully saturated rings. The highest BCUT2D eigenvalue weighted by Gasteiger charge is 2.47. The summed E-state index contributed by atoms with van der Waals surface area (Å²) >= 11 is 1.01. The lowest BCUT2D eigenvalue weighted by atomic mass is 9.99. The number of hydrogen-bond acceptors (Lipinski definition) is 4. The predicted molar refractivity (Wildman–Crippen MR) is 81.0 cm³/mol. The summed E-state index contributed by atoms with van der Waals surface area (Å²) in [7, 11) is 0. The van der Waals surface area contributed by atoms with E-state index in [0.29, 0.717) is 10.4 Å². The van der Waals surface area contributed by atoms with Crippen LogP contribution in [0, 0.1) is 18.7 Å². The van der Waals surface area contributed by atoms with Gasteiger partial charge in [-0.05, 0) is 13.0 Å². The number of aryl methyl sites for hydroxylation is 1. The Labute approximate surface area is 138 Å². The van der Waals surface area contributed by atoms with Gasteiger partial charge >= 0.3 is 12.1 Å². The first kappa shape index (κ1) is 16.7. The number of hydrogen-bond donors (Lipinski definition) is 1. The van der Waals surface area contributed by atoms with Gasteiger partial charge in [-0.1, -0.05) is 0 Å². The van der Waals surface area contributed by atoms with E-state index in [2.05, 4.69) is 4.98 Å². The third-order valence-electron chi connectivity index (χ3n) is 3.92. The van der Waals surface area contributed by atoms with Crippen molar-refractivity contribution >= 4 is 23.0 Å². The monoisotopic (exact) mass is 360 g/mol. The summed E-state index contributed by atoms with van der Waals surface area (Å²) in [6, 6.07) is 2.48. The molecule has 0 aliphatic carbocycles. The maximum atomic E-state index is 14.3. The Hall–Kier alpha value is -2.16. The third-order valence-corrected chi connectivity index (χ3v) is 4.96. The number of pyridine rings is 1. The van der Waals surface area contributed by atoms with E-state index in [1.54, 1.807) is 6.92 Å². The Morgan fingerprint density at radius 1 is 1.38 bits per heavy atom. The van der Waals surface area contributed by atoms with Crippen LogP contribution in [0.4, 0.5) is 23.2 Å². The molecule has 1 aliphatic rings. The molecular weight excluding hydrogens is 348 g/mol. The molecule has 2 aromatic rings. The Morgan fingerprint density at radius 2 is 2.04 bits per heavy atom. The zero-order valence-electron chi connectivity index (χ0n) is 12.4. The smallest absolute Gasteiger partial charge is 0.395 e. The largest absolute Gasteiger partial charge is 0.477 e. The number of nitrogens with zero attached hydrogens (tertiary/aromatic N) is 2. The van der Waals surface area contributed by atoms with Crippen molar-refractivity contribution in [3.8, 4) is 11.3 Å². The fraction of sp³-hybridized carbons (Fsp3) is 0.333. The van der Waals surface area contributed by atoms with Crippen LogP contribution < -0.4 is 4.90 Å². The molecule has 0 amide bonds. The van der Waals surface area contributed by atoms with E-state index in [0.717, 1.165) is 17.4 Å². The fourth-order valence-electron chi connectivity index (χ4n) is 2.52. The van der Waals surface area contributed by atoms with Crippen LogP contribution in [0.25, 0.3) is 11.3 Å². The van der Waals surface area contributed by atoms with Gasteiger partial charge in [-0.15, -0.1) is 11.3 Å². The molecule has 1 saturated heterocycles. The number of halogens is 4. The van der Waals surface area contributed by atoms with Crippen molar-refractivity contribution in [3.05, 3.63) is 33.9 Å². The number of aromatic nitrogens is 1. The number of thiophene rings is 1. The molecule has 9 heteroatoms. The van der Waals surface area contributed by atoms with Crippen LogP contribution in [0.3, 0.4) is 0 Å². The maximum Gasteiger partial charge on any atom is 0.395 e. The van der Waals surface area contributed by atoms with Gasteiger partial charge in [0.1, 0.15) is 10.6 Å². The lowest BCUT2D eigenvalue weighted by molar-refractivity contribution is -0.180. The van der Waals surface area contributed by atoms with E-state index in [1.165, 1.54) is 17.2 Å². The summed E-state index contributed by atoms with van der Waals surface area (Å²) < 4.78 is 51.8. The second-order valence-electron chi connectivity index (χ2n) is 5.55. The number of anilines is 1. The van der Waals surface area contributed by atoms with Crippen LogP contribution in [-0.4, -0.2) is 35.3 Å². The van der Waals surface area contributed by atoms with Crippen molar-refractivity contribution in [2.45, 2.75) is 13.1 Å². The number of carbonyl (C=O) groups is 1. The Bertz CT molecular complexity index is 797. The number of carboxylic acids is 1. The molecule has 0 spiro atoms. The second-order valence-corrected chi connectivity index (χ2v) is 6.81. The molecule has 0 saturated carbocycles. The van der Waals surface area contributed by atoms with Gasteiger partial charge in [-0.2, -0.15) is 13.2 Å². The van der Waals surface area contributed by atoms with Gasteiger partial charge in [-0.25, -0.2) is 9.18 Å². The average molecular weight is 360 g/mol. The molecule has 0 radical (unpaired) electrons. The molecule has 4 nitrogen and oxygen atoms in total. The molecule has 3 heterocycles. The molecule has 128 valence electrons. The van der Waals surface area contributed by atoms with Crippen LogP contribution in [0.2, 0.25) is 0 Å². The van der Waals surface area contributed by atoms with Gasteiger partial charge in [0.2, 0.25) is 0 Å². The predicted octanol–water partition coefficient (Wildman–Crippen LogP) is 3.95. The van der Waals surface area contributed by atoms with Crippen LogP contribution in [0.15, 0.2) is 18.3 Å². The molecule has 0 aromatic carbocycles. The van der Waals surface area contributed by atoms with Crippen molar-refractivity contribution in [2.24, 2.45) is 5.92 Å². The lowest BCUT2D eigenvalue weighted by Crippen LogP contribution is -2.53. The van der Waals surface area contributed by atoms with Gasteiger partial charge in [0, 0.05) is 29.6 Å². The van der Waals surface area contributed by atoms with Crippen molar-refractivity contribution in [3.63, 3.8) is 0 Å². The van der Waals surface area contributed by atoms with Crippen LogP contribution in [0.5, 0.6) is 0 Å². The molecule has 0 bridgehead atoms. The first-order chi connectivity index (χ1) is 11.2. The summed E-state index contributed by atoms with van der Waals surface area (Å²) in [5.74, 6) is -3.21. The zero-order chi connectivity index (χ0) is 17.6. The standard InChI is InChI=1S/C15H12F4N2O2S/c1-7-10(3-12(24-7)14(22)23)13-11(16)2-9(4-20-13)21-5-8(6-21)15(17,18)19/h2-4,8H,5-6H2,1H3,(H,22,23). The molecule has 2 aromatic heterocycles. The SMILES string of the molecule is Cc1sc(C(=O)O)cc1-c1ncc(N2CC(C(F)(F)F)C2)cc1F. The van der Waals surface area contributed by atoms with Crippen molar-refractivity contribution in [2.75, 3.05) is 18.0 Å². The van der Waals surface area contributed by atoms with Crippen LogP contribution in [-0.2, 0) is 0 Å². The van der Waals surface area contributed by atoms with E-state index in [1.807, 2.05) is 0 Å². The highest BCUT2D eigenvalue weighted by atomic mass is 32.1. The normalized spacial score (nSPS) is 15.5. The number of rotatable bonds is 3. The van der Waals surface area contributed by atoms with Gasteiger partial charge in [0.15, 0.2) is 5.82 Å². The minimum atomic E-state index is -4.25. The second kappa shape index (κ2) is 5.73. The van der Waals surface area contributed by atoms with Gasteiger partial charge < -0.3 is 10.0 Å².